The molecular formula is C20H26N2O6. The van der Waals surface area contributed by atoms with Gasteiger partial charge in [-0.05, 0) is 37.2 Å². The summed E-state index contributed by atoms with van der Waals surface area (Å²) in [4.78, 5) is 13.1. The average molecular weight is 390 g/mol. The van der Waals surface area contributed by atoms with Gasteiger partial charge in [-0.3, -0.25) is 10.1 Å². The van der Waals surface area contributed by atoms with Gasteiger partial charge < -0.3 is 23.8 Å². The summed E-state index contributed by atoms with van der Waals surface area (Å²) in [6.45, 7) is 1.12. The molecule has 0 unspecified atom stereocenters. The quantitative estimate of drug-likeness (QED) is 0.455. The molecule has 0 heterocycles. The fourth-order valence-electron chi connectivity index (χ4n) is 2.93. The van der Waals surface area contributed by atoms with Crippen LogP contribution in [0.4, 0.5) is 5.69 Å². The molecule has 28 heavy (non-hydrogen) atoms. The summed E-state index contributed by atoms with van der Waals surface area (Å²) >= 11 is 0. The lowest BCUT2D eigenvalue weighted by Gasteiger charge is -2.18. The van der Waals surface area contributed by atoms with Crippen LogP contribution in [0.5, 0.6) is 23.0 Å². The summed E-state index contributed by atoms with van der Waals surface area (Å²) < 4.78 is 21.0. The number of rotatable bonds is 10. The van der Waals surface area contributed by atoms with Crippen LogP contribution in [0.2, 0.25) is 0 Å². The van der Waals surface area contributed by atoms with Crippen molar-refractivity contribution in [2.75, 3.05) is 42.0 Å². The Morgan fingerprint density at radius 3 is 2.04 bits per heavy atom. The van der Waals surface area contributed by atoms with E-state index in [4.69, 9.17) is 18.9 Å². The molecule has 0 bridgehead atoms. The Hall–Kier alpha value is -3.00. The third-order valence-electron chi connectivity index (χ3n) is 4.45. The van der Waals surface area contributed by atoms with Crippen LogP contribution < -0.4 is 18.9 Å². The zero-order valence-corrected chi connectivity index (χ0v) is 16.9. The van der Waals surface area contributed by atoms with E-state index in [-0.39, 0.29) is 5.69 Å². The number of nitro groups is 1. The highest BCUT2D eigenvalue weighted by molar-refractivity contribution is 5.54. The first kappa shape index (κ1) is 21.3. The lowest BCUT2D eigenvalue weighted by molar-refractivity contribution is -0.385. The summed E-state index contributed by atoms with van der Waals surface area (Å²) in [7, 11) is 8.08. The Morgan fingerprint density at radius 2 is 1.46 bits per heavy atom. The van der Waals surface area contributed by atoms with Gasteiger partial charge in [-0.2, -0.15) is 0 Å². The van der Waals surface area contributed by atoms with Gasteiger partial charge in [-0.15, -0.1) is 0 Å². The monoisotopic (exact) mass is 390 g/mol. The molecule has 0 saturated carbocycles. The summed E-state index contributed by atoms with van der Waals surface area (Å²) in [5.41, 5.74) is 1.67. The third kappa shape index (κ3) is 5.04. The fourth-order valence-corrected chi connectivity index (χ4v) is 2.93. The van der Waals surface area contributed by atoms with Gasteiger partial charge in [0.2, 0.25) is 0 Å². The molecule has 0 N–H and O–H groups in total. The Bertz CT molecular complexity index is 825. The van der Waals surface area contributed by atoms with E-state index in [9.17, 15) is 10.1 Å². The van der Waals surface area contributed by atoms with Gasteiger partial charge in [0.25, 0.3) is 5.69 Å². The van der Waals surface area contributed by atoms with Crippen LogP contribution >= 0.6 is 0 Å². The van der Waals surface area contributed by atoms with Gasteiger partial charge in [0.05, 0.1) is 39.4 Å². The van der Waals surface area contributed by atoms with E-state index in [0.717, 1.165) is 12.0 Å². The molecule has 0 fully saturated rings. The lowest BCUT2D eigenvalue weighted by atomic mass is 10.1. The maximum atomic E-state index is 11.4. The minimum absolute atomic E-state index is 0.00983. The first-order chi connectivity index (χ1) is 13.4. The highest BCUT2D eigenvalue weighted by Gasteiger charge is 2.20. The van der Waals surface area contributed by atoms with Crippen molar-refractivity contribution in [3.63, 3.8) is 0 Å². The number of hydrogen-bond acceptors (Lipinski definition) is 7. The van der Waals surface area contributed by atoms with Crippen LogP contribution in [0.3, 0.4) is 0 Å². The van der Waals surface area contributed by atoms with Gasteiger partial charge in [0.1, 0.15) is 0 Å². The topological polar surface area (TPSA) is 83.3 Å². The highest BCUT2D eigenvalue weighted by atomic mass is 16.6. The molecule has 8 heteroatoms. The van der Waals surface area contributed by atoms with Crippen molar-refractivity contribution in [1.82, 2.24) is 4.90 Å². The lowest BCUT2D eigenvalue weighted by Crippen LogP contribution is -2.21. The number of benzene rings is 2. The van der Waals surface area contributed by atoms with E-state index in [1.165, 1.54) is 20.3 Å². The largest absolute Gasteiger partial charge is 0.493 e. The predicted molar refractivity (Wildman–Crippen MR) is 106 cm³/mol. The molecule has 152 valence electrons. The highest BCUT2D eigenvalue weighted by Crippen LogP contribution is 2.35. The number of nitro benzene ring substituents is 1. The van der Waals surface area contributed by atoms with Crippen molar-refractivity contribution in [2.45, 2.75) is 13.0 Å². The van der Waals surface area contributed by atoms with Crippen molar-refractivity contribution in [1.29, 1.82) is 0 Å². The Kier molecular flexibility index (Phi) is 7.45. The minimum Gasteiger partial charge on any atom is -0.493 e. The van der Waals surface area contributed by atoms with Crippen molar-refractivity contribution in [2.24, 2.45) is 0 Å². The molecule has 2 aromatic carbocycles. The molecule has 2 aromatic rings. The molecule has 0 amide bonds. The second-order valence-electron chi connectivity index (χ2n) is 6.27. The first-order valence-corrected chi connectivity index (χ1v) is 8.72. The van der Waals surface area contributed by atoms with Crippen LogP contribution in [0.1, 0.15) is 11.1 Å². The zero-order valence-electron chi connectivity index (χ0n) is 16.9. The summed E-state index contributed by atoms with van der Waals surface area (Å²) in [5.74, 6) is 2.17. The molecule has 0 aromatic heterocycles. The van der Waals surface area contributed by atoms with Crippen LogP contribution in [0.15, 0.2) is 30.3 Å². The second-order valence-corrected chi connectivity index (χ2v) is 6.27. The summed E-state index contributed by atoms with van der Waals surface area (Å²) in [6.07, 6.45) is 0.762. The van der Waals surface area contributed by atoms with E-state index >= 15 is 0 Å². The molecule has 0 aliphatic heterocycles. The predicted octanol–water partition coefficient (Wildman–Crippen LogP) is 3.30. The number of hydrogen-bond donors (Lipinski definition) is 0. The second kappa shape index (κ2) is 9.80. The standard InChI is InChI=1S/C20H26N2O6/c1-21(9-8-14-6-7-17(25-2)18(10-14)26-3)13-15-11-19(27-4)20(28-5)12-16(15)22(23)24/h6-7,10-12H,8-9,13H2,1-5H3. The number of ether oxygens (including phenoxy) is 4. The van der Waals surface area contributed by atoms with Gasteiger partial charge in [0, 0.05) is 18.7 Å². The normalized spacial score (nSPS) is 10.6. The number of nitrogens with zero attached hydrogens (tertiary/aromatic N) is 2. The Balaban J connectivity index is 2.12. The van der Waals surface area contributed by atoms with Gasteiger partial charge >= 0.3 is 0 Å². The maximum absolute atomic E-state index is 11.4. The average Bonchev–Trinajstić information content (AvgIpc) is 2.71. The maximum Gasteiger partial charge on any atom is 0.277 e. The molecule has 0 radical (unpaired) electrons. The molecule has 0 atom stereocenters. The van der Waals surface area contributed by atoms with Crippen molar-refractivity contribution in [3.8, 4) is 23.0 Å². The number of likely N-dealkylation sites (N-methyl/N-ethyl adjacent to an activating group) is 1. The van der Waals surface area contributed by atoms with Crippen molar-refractivity contribution in [3.05, 3.63) is 51.6 Å². The van der Waals surface area contributed by atoms with E-state index in [1.54, 1.807) is 20.3 Å². The molecule has 0 saturated heterocycles. The summed E-state index contributed by atoms with van der Waals surface area (Å²) in [5, 5.41) is 11.4. The SMILES string of the molecule is COc1ccc(CCN(C)Cc2cc(OC)c(OC)cc2[N+](=O)[O-])cc1OC. The summed E-state index contributed by atoms with van der Waals surface area (Å²) in [6, 6.07) is 8.84. The van der Waals surface area contributed by atoms with Gasteiger partial charge in [-0.25, -0.2) is 0 Å². The van der Waals surface area contributed by atoms with E-state index < -0.39 is 4.92 Å². The Morgan fingerprint density at radius 1 is 0.893 bits per heavy atom. The van der Waals surface area contributed by atoms with Crippen LogP contribution in [0.25, 0.3) is 0 Å². The van der Waals surface area contributed by atoms with Crippen molar-refractivity contribution < 1.29 is 23.9 Å². The fraction of sp³-hybridized carbons (Fsp3) is 0.400. The first-order valence-electron chi connectivity index (χ1n) is 8.72. The van der Waals surface area contributed by atoms with Crippen LogP contribution in [-0.2, 0) is 13.0 Å². The minimum atomic E-state index is -0.403. The van der Waals surface area contributed by atoms with Crippen LogP contribution in [-0.4, -0.2) is 51.9 Å². The van der Waals surface area contributed by atoms with E-state index in [0.29, 0.717) is 41.7 Å². The number of methoxy groups -OCH3 is 4. The van der Waals surface area contributed by atoms with E-state index in [1.807, 2.05) is 30.1 Å². The van der Waals surface area contributed by atoms with Gasteiger partial charge in [0.15, 0.2) is 23.0 Å². The zero-order chi connectivity index (χ0) is 20.7. The molecule has 2 rings (SSSR count). The molecule has 0 spiro atoms. The molecule has 8 nitrogen and oxygen atoms in total. The molecular weight excluding hydrogens is 364 g/mol. The van der Waals surface area contributed by atoms with E-state index in [2.05, 4.69) is 0 Å². The smallest absolute Gasteiger partial charge is 0.277 e. The van der Waals surface area contributed by atoms with Crippen molar-refractivity contribution >= 4 is 5.69 Å². The third-order valence-corrected chi connectivity index (χ3v) is 4.45. The van der Waals surface area contributed by atoms with Gasteiger partial charge in [-0.1, -0.05) is 6.07 Å². The molecule has 0 aliphatic carbocycles. The molecule has 0 aliphatic rings. The van der Waals surface area contributed by atoms with Crippen LogP contribution in [0, 0.1) is 10.1 Å². The Labute approximate surface area is 164 Å².